The maximum absolute atomic E-state index is 12.8. The standard InChI is InChI=1S/C17H25BrN2O2/c1-12(2)16(22-15-7-5-4-6-14(15)18)17(21)20-9-8-13(11-20)10-19-3/h4-7,12-13,16,19H,8-11H2,1-3H3/t13-,16-/m1/s1. The summed E-state index contributed by atoms with van der Waals surface area (Å²) in [6.45, 7) is 6.66. The number of benzene rings is 1. The highest BCUT2D eigenvalue weighted by Gasteiger charge is 2.33. The van der Waals surface area contributed by atoms with Gasteiger partial charge in [-0.2, -0.15) is 0 Å². The number of nitrogens with zero attached hydrogens (tertiary/aromatic N) is 1. The highest BCUT2D eigenvalue weighted by Crippen LogP contribution is 2.27. The van der Waals surface area contributed by atoms with Gasteiger partial charge in [0.2, 0.25) is 0 Å². The molecular formula is C17H25BrN2O2. The molecule has 1 fully saturated rings. The summed E-state index contributed by atoms with van der Waals surface area (Å²) in [7, 11) is 1.96. The van der Waals surface area contributed by atoms with Crippen LogP contribution in [0.25, 0.3) is 0 Å². The first-order chi connectivity index (χ1) is 10.5. The Hall–Kier alpha value is -1.07. The number of rotatable bonds is 6. The number of hydrogen-bond donors (Lipinski definition) is 1. The van der Waals surface area contributed by atoms with Crippen molar-refractivity contribution in [3.05, 3.63) is 28.7 Å². The Balaban J connectivity index is 2.05. The second-order valence-electron chi connectivity index (χ2n) is 6.21. The van der Waals surface area contributed by atoms with Crippen molar-refractivity contribution < 1.29 is 9.53 Å². The van der Waals surface area contributed by atoms with Gasteiger partial charge in [-0.25, -0.2) is 0 Å². The first kappa shape index (κ1) is 17.3. The Labute approximate surface area is 141 Å². The summed E-state index contributed by atoms with van der Waals surface area (Å²) in [5, 5.41) is 3.19. The molecule has 0 unspecified atom stereocenters. The van der Waals surface area contributed by atoms with Crippen LogP contribution < -0.4 is 10.1 Å². The number of ether oxygens (including phenoxy) is 1. The quantitative estimate of drug-likeness (QED) is 0.839. The molecule has 1 aliphatic heterocycles. The topological polar surface area (TPSA) is 41.6 Å². The number of nitrogens with one attached hydrogen (secondary N) is 1. The van der Waals surface area contributed by atoms with Crippen molar-refractivity contribution in [1.29, 1.82) is 0 Å². The van der Waals surface area contributed by atoms with Crippen LogP contribution in [-0.4, -0.2) is 43.6 Å². The molecule has 2 atom stereocenters. The lowest BCUT2D eigenvalue weighted by atomic mass is 10.1. The van der Waals surface area contributed by atoms with E-state index in [1.54, 1.807) is 0 Å². The number of para-hydroxylation sites is 1. The Morgan fingerprint density at radius 3 is 2.82 bits per heavy atom. The fraction of sp³-hybridized carbons (Fsp3) is 0.588. The predicted octanol–water partition coefficient (Wildman–Crippen LogP) is 2.92. The molecule has 0 spiro atoms. The molecule has 1 N–H and O–H groups in total. The molecule has 2 rings (SSSR count). The minimum Gasteiger partial charge on any atom is -0.479 e. The zero-order valence-electron chi connectivity index (χ0n) is 13.5. The van der Waals surface area contributed by atoms with Gasteiger partial charge in [0.15, 0.2) is 6.10 Å². The third kappa shape index (κ3) is 4.23. The van der Waals surface area contributed by atoms with E-state index in [9.17, 15) is 4.79 Å². The summed E-state index contributed by atoms with van der Waals surface area (Å²) in [6, 6.07) is 7.67. The number of hydrogen-bond acceptors (Lipinski definition) is 3. The third-order valence-corrected chi connectivity index (χ3v) is 4.68. The maximum atomic E-state index is 12.8. The normalized spacial score (nSPS) is 19.5. The predicted molar refractivity (Wildman–Crippen MR) is 92.0 cm³/mol. The number of carbonyl (C=O) groups excluding carboxylic acids is 1. The van der Waals surface area contributed by atoms with Crippen LogP contribution in [0.15, 0.2) is 28.7 Å². The Bertz CT molecular complexity index is 507. The van der Waals surface area contributed by atoms with E-state index in [-0.39, 0.29) is 11.8 Å². The van der Waals surface area contributed by atoms with Gasteiger partial charge in [0.05, 0.1) is 4.47 Å². The Morgan fingerprint density at radius 2 is 2.18 bits per heavy atom. The number of amides is 1. The highest BCUT2D eigenvalue weighted by molar-refractivity contribution is 9.10. The molecule has 1 heterocycles. The van der Waals surface area contributed by atoms with Gasteiger partial charge in [-0.3, -0.25) is 4.79 Å². The molecule has 0 bridgehead atoms. The molecule has 122 valence electrons. The van der Waals surface area contributed by atoms with Crippen molar-refractivity contribution >= 4 is 21.8 Å². The lowest BCUT2D eigenvalue weighted by Gasteiger charge is -2.27. The minimum atomic E-state index is -0.438. The number of likely N-dealkylation sites (tertiary alicyclic amines) is 1. The Morgan fingerprint density at radius 1 is 1.45 bits per heavy atom. The maximum Gasteiger partial charge on any atom is 0.263 e. The summed E-state index contributed by atoms with van der Waals surface area (Å²) in [5.41, 5.74) is 0. The van der Waals surface area contributed by atoms with Gasteiger partial charge in [-0.15, -0.1) is 0 Å². The molecule has 5 heteroatoms. The zero-order chi connectivity index (χ0) is 16.1. The van der Waals surface area contributed by atoms with Gasteiger partial charge < -0.3 is 15.0 Å². The average molecular weight is 369 g/mol. The second kappa shape index (κ2) is 7.97. The van der Waals surface area contributed by atoms with Crippen LogP contribution >= 0.6 is 15.9 Å². The van der Waals surface area contributed by atoms with E-state index in [2.05, 4.69) is 21.2 Å². The lowest BCUT2D eigenvalue weighted by molar-refractivity contribution is -0.139. The van der Waals surface area contributed by atoms with Gasteiger partial charge in [0.1, 0.15) is 5.75 Å². The fourth-order valence-electron chi connectivity index (χ4n) is 2.82. The Kier molecular flexibility index (Phi) is 6.26. The summed E-state index contributed by atoms with van der Waals surface area (Å²) < 4.78 is 6.90. The van der Waals surface area contributed by atoms with Gasteiger partial charge in [0.25, 0.3) is 5.91 Å². The van der Waals surface area contributed by atoms with E-state index < -0.39 is 6.10 Å². The van der Waals surface area contributed by atoms with E-state index in [1.165, 1.54) is 0 Å². The van der Waals surface area contributed by atoms with Gasteiger partial charge >= 0.3 is 0 Å². The lowest BCUT2D eigenvalue weighted by Crippen LogP contribution is -2.44. The van der Waals surface area contributed by atoms with Crippen molar-refractivity contribution in [2.45, 2.75) is 26.4 Å². The van der Waals surface area contributed by atoms with Gasteiger partial charge in [0, 0.05) is 13.1 Å². The molecule has 1 saturated heterocycles. The summed E-state index contributed by atoms with van der Waals surface area (Å²) in [6.07, 6.45) is 0.624. The molecule has 0 aliphatic carbocycles. The molecule has 0 aromatic heterocycles. The van der Waals surface area contributed by atoms with E-state index in [4.69, 9.17) is 4.74 Å². The largest absolute Gasteiger partial charge is 0.479 e. The van der Waals surface area contributed by atoms with Crippen LogP contribution in [0.2, 0.25) is 0 Å². The van der Waals surface area contributed by atoms with E-state index in [0.29, 0.717) is 5.92 Å². The monoisotopic (exact) mass is 368 g/mol. The number of halogens is 1. The van der Waals surface area contributed by atoms with Crippen LogP contribution in [0.5, 0.6) is 5.75 Å². The molecule has 0 saturated carbocycles. The van der Waals surface area contributed by atoms with E-state index in [0.717, 1.165) is 36.3 Å². The molecule has 0 radical (unpaired) electrons. The first-order valence-corrected chi connectivity index (χ1v) is 8.66. The van der Waals surface area contributed by atoms with Crippen LogP contribution in [0.1, 0.15) is 20.3 Å². The van der Waals surface area contributed by atoms with Crippen molar-refractivity contribution in [2.75, 3.05) is 26.7 Å². The van der Waals surface area contributed by atoms with Crippen molar-refractivity contribution in [2.24, 2.45) is 11.8 Å². The van der Waals surface area contributed by atoms with Crippen molar-refractivity contribution in [3.63, 3.8) is 0 Å². The van der Waals surface area contributed by atoms with Crippen LogP contribution in [0.4, 0.5) is 0 Å². The molecule has 1 aromatic rings. The van der Waals surface area contributed by atoms with Gasteiger partial charge in [-0.05, 0) is 59.9 Å². The summed E-state index contributed by atoms with van der Waals surface area (Å²) in [4.78, 5) is 14.8. The van der Waals surface area contributed by atoms with Crippen molar-refractivity contribution in [3.8, 4) is 5.75 Å². The highest BCUT2D eigenvalue weighted by atomic mass is 79.9. The number of carbonyl (C=O) groups is 1. The molecular weight excluding hydrogens is 344 g/mol. The van der Waals surface area contributed by atoms with Crippen LogP contribution in [0.3, 0.4) is 0 Å². The van der Waals surface area contributed by atoms with E-state index >= 15 is 0 Å². The molecule has 1 aromatic carbocycles. The fourth-order valence-corrected chi connectivity index (χ4v) is 3.20. The first-order valence-electron chi connectivity index (χ1n) is 7.87. The average Bonchev–Trinajstić information content (AvgIpc) is 2.94. The molecule has 1 amide bonds. The summed E-state index contributed by atoms with van der Waals surface area (Å²) in [5.74, 6) is 1.50. The van der Waals surface area contributed by atoms with E-state index in [1.807, 2.05) is 50.1 Å². The van der Waals surface area contributed by atoms with Crippen LogP contribution in [-0.2, 0) is 4.79 Å². The minimum absolute atomic E-state index is 0.101. The smallest absolute Gasteiger partial charge is 0.263 e. The SMILES string of the molecule is CNC[C@H]1CCN(C(=O)[C@H](Oc2ccccc2Br)C(C)C)C1. The molecule has 22 heavy (non-hydrogen) atoms. The van der Waals surface area contributed by atoms with Crippen molar-refractivity contribution in [1.82, 2.24) is 10.2 Å². The summed E-state index contributed by atoms with van der Waals surface area (Å²) >= 11 is 3.48. The molecule has 4 nitrogen and oxygen atoms in total. The van der Waals surface area contributed by atoms with Gasteiger partial charge in [-0.1, -0.05) is 26.0 Å². The molecule has 1 aliphatic rings. The van der Waals surface area contributed by atoms with Crippen LogP contribution in [0, 0.1) is 11.8 Å². The zero-order valence-corrected chi connectivity index (χ0v) is 15.1. The third-order valence-electron chi connectivity index (χ3n) is 4.03. The second-order valence-corrected chi connectivity index (χ2v) is 7.06.